The number of urea groups is 1. The summed E-state index contributed by atoms with van der Waals surface area (Å²) >= 11 is 5.99. The Hall–Kier alpha value is -3.80. The lowest BCUT2D eigenvalue weighted by Gasteiger charge is -2.36. The van der Waals surface area contributed by atoms with Crippen molar-refractivity contribution in [1.29, 1.82) is 0 Å². The van der Waals surface area contributed by atoms with Gasteiger partial charge in [-0.15, -0.1) is 0 Å². The summed E-state index contributed by atoms with van der Waals surface area (Å²) in [5.41, 5.74) is 5.22. The van der Waals surface area contributed by atoms with E-state index in [1.54, 1.807) is 30.6 Å². The standard InChI is InChI=1S/C22H21ClF3N7O2/c23-16-4-3-14(22(24,25)26)12-17(16)31-21(34)33-10-8-32(9-11-33)19-18(2-1-6-28-19)35-13-15-5-7-29-20(27)30-15/h1-7,12H,8-11,13H2,(H,31,34)(H2,27,29,30). The number of amides is 2. The fourth-order valence-corrected chi connectivity index (χ4v) is 3.66. The number of nitrogen functional groups attached to an aromatic ring is 1. The molecule has 35 heavy (non-hydrogen) atoms. The number of nitrogens with two attached hydrogens (primary N) is 1. The number of alkyl halides is 3. The van der Waals surface area contributed by atoms with Gasteiger partial charge in [0.05, 0.1) is 22.0 Å². The molecular weight excluding hydrogens is 487 g/mol. The number of ether oxygens (including phenoxy) is 1. The van der Waals surface area contributed by atoms with Crippen molar-refractivity contribution in [2.45, 2.75) is 12.8 Å². The van der Waals surface area contributed by atoms with Crippen LogP contribution < -0.4 is 20.7 Å². The first kappa shape index (κ1) is 24.3. The van der Waals surface area contributed by atoms with Crippen LogP contribution in [-0.4, -0.2) is 52.1 Å². The highest BCUT2D eigenvalue weighted by Gasteiger charge is 2.31. The summed E-state index contributed by atoms with van der Waals surface area (Å²) in [7, 11) is 0. The first-order valence-electron chi connectivity index (χ1n) is 10.5. The summed E-state index contributed by atoms with van der Waals surface area (Å²) in [6.07, 6.45) is -1.36. The van der Waals surface area contributed by atoms with Crippen molar-refractivity contribution in [3.05, 3.63) is 65.1 Å². The smallest absolute Gasteiger partial charge is 0.416 e. The van der Waals surface area contributed by atoms with E-state index in [9.17, 15) is 18.0 Å². The van der Waals surface area contributed by atoms with Crippen LogP contribution in [-0.2, 0) is 12.8 Å². The van der Waals surface area contributed by atoms with Gasteiger partial charge in [-0.25, -0.2) is 19.7 Å². The Kier molecular flexibility index (Phi) is 7.10. The van der Waals surface area contributed by atoms with Crippen LogP contribution in [0.5, 0.6) is 5.75 Å². The summed E-state index contributed by atoms with van der Waals surface area (Å²) < 4.78 is 44.9. The lowest BCUT2D eigenvalue weighted by molar-refractivity contribution is -0.137. The van der Waals surface area contributed by atoms with Crippen LogP contribution in [0.25, 0.3) is 0 Å². The summed E-state index contributed by atoms with van der Waals surface area (Å²) in [5, 5.41) is 2.49. The average molecular weight is 508 g/mol. The van der Waals surface area contributed by atoms with Crippen molar-refractivity contribution < 1.29 is 22.7 Å². The van der Waals surface area contributed by atoms with Gasteiger partial charge in [0.2, 0.25) is 5.95 Å². The van der Waals surface area contributed by atoms with Crippen LogP contribution in [0.15, 0.2) is 48.8 Å². The minimum absolute atomic E-state index is 0.0192. The second-order valence-electron chi connectivity index (χ2n) is 7.62. The molecule has 0 aliphatic carbocycles. The van der Waals surface area contributed by atoms with E-state index >= 15 is 0 Å². The number of rotatable bonds is 5. The first-order chi connectivity index (χ1) is 16.7. The number of carbonyl (C=O) groups excluding carboxylic acids is 1. The molecule has 3 heterocycles. The van der Waals surface area contributed by atoms with Gasteiger partial charge in [-0.1, -0.05) is 11.6 Å². The minimum atomic E-state index is -4.54. The molecule has 3 aromatic rings. The average Bonchev–Trinajstić information content (AvgIpc) is 2.84. The summed E-state index contributed by atoms with van der Waals surface area (Å²) in [4.78, 5) is 28.5. The highest BCUT2D eigenvalue weighted by atomic mass is 35.5. The number of carbonyl (C=O) groups is 1. The number of halogens is 4. The third kappa shape index (κ3) is 6.01. The minimum Gasteiger partial charge on any atom is -0.483 e. The Bertz CT molecular complexity index is 1200. The molecule has 4 rings (SSSR count). The van der Waals surface area contributed by atoms with Gasteiger partial charge in [0, 0.05) is 38.6 Å². The van der Waals surface area contributed by atoms with Crippen molar-refractivity contribution in [2.24, 2.45) is 0 Å². The zero-order valence-electron chi connectivity index (χ0n) is 18.3. The zero-order chi connectivity index (χ0) is 25.0. The number of benzene rings is 1. The van der Waals surface area contributed by atoms with Gasteiger partial charge in [0.1, 0.15) is 6.61 Å². The Labute approximate surface area is 203 Å². The predicted molar refractivity (Wildman–Crippen MR) is 124 cm³/mol. The Morgan fingerprint density at radius 1 is 1.11 bits per heavy atom. The fraction of sp³-hybridized carbons (Fsp3) is 0.273. The van der Waals surface area contributed by atoms with E-state index in [1.807, 2.05) is 4.90 Å². The lowest BCUT2D eigenvalue weighted by Crippen LogP contribution is -2.50. The lowest BCUT2D eigenvalue weighted by atomic mass is 10.2. The quantitative estimate of drug-likeness (QED) is 0.536. The molecule has 0 spiro atoms. The maximum absolute atomic E-state index is 13.0. The van der Waals surface area contributed by atoms with Gasteiger partial charge in [0.15, 0.2) is 11.6 Å². The number of nitrogens with one attached hydrogen (secondary N) is 1. The molecule has 0 radical (unpaired) electrons. The highest BCUT2D eigenvalue weighted by molar-refractivity contribution is 6.33. The molecule has 2 amide bonds. The molecule has 2 aromatic heterocycles. The number of nitrogens with zero attached hydrogens (tertiary/aromatic N) is 5. The van der Waals surface area contributed by atoms with E-state index in [0.29, 0.717) is 43.4 Å². The van der Waals surface area contributed by atoms with Crippen LogP contribution in [0.2, 0.25) is 5.02 Å². The Morgan fingerprint density at radius 3 is 2.60 bits per heavy atom. The van der Waals surface area contributed by atoms with Crippen LogP contribution in [0.1, 0.15) is 11.3 Å². The van der Waals surface area contributed by atoms with Gasteiger partial charge in [0.25, 0.3) is 0 Å². The highest BCUT2D eigenvalue weighted by Crippen LogP contribution is 2.34. The molecular formula is C22H21ClF3N7O2. The number of piperazine rings is 1. The monoisotopic (exact) mass is 507 g/mol. The molecule has 3 N–H and O–H groups in total. The molecule has 184 valence electrons. The Balaban J connectivity index is 1.37. The topological polar surface area (TPSA) is 109 Å². The van der Waals surface area contributed by atoms with Gasteiger partial charge in [-0.3, -0.25) is 0 Å². The first-order valence-corrected chi connectivity index (χ1v) is 10.9. The van der Waals surface area contributed by atoms with Crippen molar-refractivity contribution in [1.82, 2.24) is 19.9 Å². The van der Waals surface area contributed by atoms with Crippen LogP contribution in [0.4, 0.5) is 35.4 Å². The third-order valence-electron chi connectivity index (χ3n) is 5.26. The number of hydrogen-bond acceptors (Lipinski definition) is 7. The van der Waals surface area contributed by atoms with Gasteiger partial charge in [-0.2, -0.15) is 13.2 Å². The molecule has 13 heteroatoms. The fourth-order valence-electron chi connectivity index (χ4n) is 3.49. The molecule has 0 bridgehead atoms. The zero-order valence-corrected chi connectivity index (χ0v) is 19.1. The normalized spacial score (nSPS) is 14.1. The molecule has 0 unspecified atom stereocenters. The number of anilines is 3. The van der Waals surface area contributed by atoms with Crippen molar-refractivity contribution in [2.75, 3.05) is 42.1 Å². The number of hydrogen-bond donors (Lipinski definition) is 2. The molecule has 0 atom stereocenters. The summed E-state index contributed by atoms with van der Waals surface area (Å²) in [6, 6.07) is 7.47. The van der Waals surface area contributed by atoms with E-state index in [-0.39, 0.29) is 23.3 Å². The van der Waals surface area contributed by atoms with E-state index in [0.717, 1.165) is 18.2 Å². The van der Waals surface area contributed by atoms with Crippen LogP contribution in [0, 0.1) is 0 Å². The van der Waals surface area contributed by atoms with E-state index in [1.165, 1.54) is 4.90 Å². The van der Waals surface area contributed by atoms with E-state index in [2.05, 4.69) is 20.3 Å². The summed E-state index contributed by atoms with van der Waals surface area (Å²) in [5.74, 6) is 1.30. The Morgan fingerprint density at radius 2 is 1.89 bits per heavy atom. The van der Waals surface area contributed by atoms with Crippen molar-refractivity contribution >= 4 is 35.1 Å². The van der Waals surface area contributed by atoms with Crippen molar-refractivity contribution in [3.8, 4) is 5.75 Å². The molecule has 1 aliphatic heterocycles. The third-order valence-corrected chi connectivity index (χ3v) is 5.59. The molecule has 1 saturated heterocycles. The molecule has 1 fully saturated rings. The summed E-state index contributed by atoms with van der Waals surface area (Å²) in [6.45, 7) is 1.70. The van der Waals surface area contributed by atoms with Gasteiger partial charge >= 0.3 is 12.2 Å². The second kappa shape index (κ2) is 10.2. The van der Waals surface area contributed by atoms with Crippen LogP contribution in [0.3, 0.4) is 0 Å². The van der Waals surface area contributed by atoms with Gasteiger partial charge < -0.3 is 25.6 Å². The maximum atomic E-state index is 13.0. The molecule has 1 aliphatic rings. The number of pyridine rings is 1. The second-order valence-corrected chi connectivity index (χ2v) is 8.02. The van der Waals surface area contributed by atoms with Gasteiger partial charge in [-0.05, 0) is 36.4 Å². The van der Waals surface area contributed by atoms with Crippen LogP contribution >= 0.6 is 11.6 Å². The SMILES string of the molecule is Nc1nccc(COc2cccnc2N2CCN(C(=O)Nc3cc(C(F)(F)F)ccc3Cl)CC2)n1. The molecule has 0 saturated carbocycles. The molecule has 1 aromatic carbocycles. The molecule has 9 nitrogen and oxygen atoms in total. The predicted octanol–water partition coefficient (Wildman–Crippen LogP) is 4.06. The van der Waals surface area contributed by atoms with E-state index < -0.39 is 17.8 Å². The van der Waals surface area contributed by atoms with Crippen molar-refractivity contribution in [3.63, 3.8) is 0 Å². The maximum Gasteiger partial charge on any atom is 0.416 e. The largest absolute Gasteiger partial charge is 0.483 e. The van der Waals surface area contributed by atoms with E-state index in [4.69, 9.17) is 22.1 Å². The number of aromatic nitrogens is 3.